The van der Waals surface area contributed by atoms with E-state index in [-0.39, 0.29) is 25.9 Å². The van der Waals surface area contributed by atoms with Crippen molar-refractivity contribution in [3.63, 3.8) is 0 Å². The Labute approximate surface area is 473 Å². The van der Waals surface area contributed by atoms with Crippen LogP contribution in [0.1, 0.15) is 65.0 Å². The number of benzene rings is 11. The van der Waals surface area contributed by atoms with Gasteiger partial charge < -0.3 is 21.5 Å². The van der Waals surface area contributed by atoms with Crippen LogP contribution in [0.25, 0.3) is 86.9 Å². The Balaban J connectivity index is 0.00000125. The molecule has 4 heteroatoms. The number of aryl methyl sites for hydroxylation is 2. The monoisotopic (exact) mass is 1190 g/mol. The SMILES string of the molecule is CCc1ccc(N(c2cc[c-]cc2)c2ccc3c4c(-c5ccccc5)c5c6ccc(N(c7ccc(CC)cc7)c7ccc(OC(C)CC)cc7)c7cccc(c5c(-c5ccccc5)c4c4cccc2c43)c76)cc1.[CH2-]CCC.[Os+2]. The molecule has 13 aromatic carbocycles. The maximum atomic E-state index is 6.29. The van der Waals surface area contributed by atoms with Gasteiger partial charge in [0.1, 0.15) is 5.75 Å². The molecular weight excluding hydrogens is 1120 g/mol. The topological polar surface area (TPSA) is 15.7 Å². The van der Waals surface area contributed by atoms with Crippen LogP contribution in [0, 0.1) is 13.0 Å². The summed E-state index contributed by atoms with van der Waals surface area (Å²) in [5, 5.41) is 15.2. The van der Waals surface area contributed by atoms with E-state index in [0.717, 1.165) is 65.6 Å². The van der Waals surface area contributed by atoms with E-state index in [1.807, 2.05) is 12.1 Å². The minimum absolute atomic E-state index is 0. The Hall–Kier alpha value is -8.02. The zero-order valence-corrected chi connectivity index (χ0v) is 47.8. The van der Waals surface area contributed by atoms with E-state index < -0.39 is 0 Å². The molecule has 0 saturated carbocycles. The van der Waals surface area contributed by atoms with E-state index in [9.17, 15) is 0 Å². The third-order valence-electron chi connectivity index (χ3n) is 15.7. The maximum absolute atomic E-state index is 6.29. The third kappa shape index (κ3) is 9.11. The van der Waals surface area contributed by atoms with E-state index in [4.69, 9.17) is 4.74 Å². The first-order valence-electron chi connectivity index (χ1n) is 27.7. The molecule has 1 atom stereocenters. The molecule has 0 aliphatic rings. The zero-order valence-electron chi connectivity index (χ0n) is 45.3. The van der Waals surface area contributed by atoms with E-state index >= 15 is 0 Å². The molecule has 0 N–H and O–H groups in total. The predicted molar refractivity (Wildman–Crippen MR) is 332 cm³/mol. The molecule has 0 fully saturated rings. The third-order valence-corrected chi connectivity index (χ3v) is 15.7. The number of hydrogen-bond donors (Lipinski definition) is 0. The minimum Gasteiger partial charge on any atom is -0.491 e. The van der Waals surface area contributed by atoms with Crippen LogP contribution in [0.3, 0.4) is 0 Å². The summed E-state index contributed by atoms with van der Waals surface area (Å²) in [6.45, 7) is 14.4. The second-order valence-electron chi connectivity index (χ2n) is 20.4. The summed E-state index contributed by atoms with van der Waals surface area (Å²) in [4.78, 5) is 4.85. The number of ether oxygens (including phenoxy) is 1. The summed E-state index contributed by atoms with van der Waals surface area (Å²) in [5.74, 6) is 0.882. The van der Waals surface area contributed by atoms with Gasteiger partial charge in [-0.15, -0.1) is 12.1 Å². The molecule has 0 aliphatic heterocycles. The van der Waals surface area contributed by atoms with E-state index in [1.54, 1.807) is 0 Å². The van der Waals surface area contributed by atoms with Crippen molar-refractivity contribution in [2.75, 3.05) is 9.80 Å². The summed E-state index contributed by atoms with van der Waals surface area (Å²) < 4.78 is 6.29. The largest absolute Gasteiger partial charge is 2.00 e. The molecule has 13 rings (SSSR count). The molecule has 384 valence electrons. The quantitative estimate of drug-likeness (QED) is 0.101. The Morgan fingerprint density at radius 2 is 0.782 bits per heavy atom. The van der Waals surface area contributed by atoms with Gasteiger partial charge >= 0.3 is 19.8 Å². The van der Waals surface area contributed by atoms with Crippen molar-refractivity contribution in [1.82, 2.24) is 0 Å². The zero-order chi connectivity index (χ0) is 52.6. The minimum atomic E-state index is 0. The molecule has 0 saturated heterocycles. The van der Waals surface area contributed by atoms with E-state index in [0.29, 0.717) is 0 Å². The molecule has 78 heavy (non-hydrogen) atoms. The van der Waals surface area contributed by atoms with Crippen molar-refractivity contribution < 1.29 is 24.5 Å². The molecular formula is C74H64N2OOs. The number of unbranched alkanes of at least 4 members (excludes halogenated alkanes) is 1. The van der Waals surface area contributed by atoms with Gasteiger partial charge in [-0.05, 0) is 174 Å². The normalized spacial score (nSPS) is 11.8. The summed E-state index contributed by atoms with van der Waals surface area (Å²) >= 11 is 0. The van der Waals surface area contributed by atoms with Crippen LogP contribution in [0.4, 0.5) is 34.1 Å². The predicted octanol–water partition coefficient (Wildman–Crippen LogP) is 21.5. The molecule has 0 radical (unpaired) electrons. The number of anilines is 6. The van der Waals surface area contributed by atoms with Crippen molar-refractivity contribution in [3.8, 4) is 28.0 Å². The summed E-state index contributed by atoms with van der Waals surface area (Å²) in [6, 6.07) is 84.2. The fraction of sp³-hybridized carbons (Fsp3) is 0.149. The summed E-state index contributed by atoms with van der Waals surface area (Å²) in [5.41, 5.74) is 14.3. The van der Waals surface area contributed by atoms with Gasteiger partial charge in [-0.25, -0.2) is 0 Å². The molecule has 0 aliphatic carbocycles. The van der Waals surface area contributed by atoms with Crippen LogP contribution < -0.4 is 14.5 Å². The molecule has 0 amide bonds. The smallest absolute Gasteiger partial charge is 0.491 e. The van der Waals surface area contributed by atoms with Gasteiger partial charge in [0.15, 0.2) is 0 Å². The van der Waals surface area contributed by atoms with Crippen LogP contribution in [0.5, 0.6) is 5.75 Å². The van der Waals surface area contributed by atoms with Crippen molar-refractivity contribution >= 4 is 98.8 Å². The fourth-order valence-electron chi connectivity index (χ4n) is 11.8. The first-order chi connectivity index (χ1) is 37.9. The Morgan fingerprint density at radius 1 is 0.410 bits per heavy atom. The average Bonchev–Trinajstić information content (AvgIpc) is 4.22. The standard InChI is InChI=1S/C70H55N2O.C4H9.Os/c1-5-45(4)73-54-39-37-53(38-40-54)72(52-35-31-47(7-3)32-36-52)62-44-42-60-66-56(62)26-18-28-58(66)68-63(48-19-11-8-12-20-48)67-57-27-17-25-55-61(71(50-23-15-10-16-24-50)51-33-29-46(6-2)30-34-51)43-41-59(65(55)57)69(67)64(70(60)68)49-21-13-9-14-22-49;1-3-4-2;/h8-9,11-45H,5-7H2,1-4H3;1,3-4H2,2H3;/q2*-1;+2. The van der Waals surface area contributed by atoms with Gasteiger partial charge in [0, 0.05) is 27.8 Å². The van der Waals surface area contributed by atoms with Crippen LogP contribution >= 0.6 is 0 Å². The summed E-state index contributed by atoms with van der Waals surface area (Å²) in [6.07, 6.45) is 5.34. The van der Waals surface area contributed by atoms with Gasteiger partial charge in [-0.2, -0.15) is 24.6 Å². The first kappa shape index (κ1) is 52.1. The van der Waals surface area contributed by atoms with E-state index in [1.165, 1.54) is 104 Å². The number of rotatable bonds is 14. The van der Waals surface area contributed by atoms with Gasteiger partial charge in [-0.3, -0.25) is 0 Å². The van der Waals surface area contributed by atoms with Crippen LogP contribution in [0.15, 0.2) is 218 Å². The average molecular weight is 1190 g/mol. The van der Waals surface area contributed by atoms with Gasteiger partial charge in [0.2, 0.25) is 0 Å². The number of fused-ring (bicyclic) bond motifs is 6. The second kappa shape index (κ2) is 22.5. The Bertz CT molecular complexity index is 4040. The molecule has 3 nitrogen and oxygen atoms in total. The van der Waals surface area contributed by atoms with Crippen molar-refractivity contribution in [2.45, 2.75) is 72.8 Å². The van der Waals surface area contributed by atoms with Gasteiger partial charge in [0.05, 0.1) is 17.5 Å². The first-order valence-corrected chi connectivity index (χ1v) is 27.7. The van der Waals surface area contributed by atoms with Crippen LogP contribution in [-0.2, 0) is 32.6 Å². The van der Waals surface area contributed by atoms with Crippen molar-refractivity contribution in [2.24, 2.45) is 0 Å². The van der Waals surface area contributed by atoms with E-state index in [2.05, 4.69) is 264 Å². The molecule has 1 unspecified atom stereocenters. The second-order valence-corrected chi connectivity index (χ2v) is 20.4. The molecule has 13 aromatic rings. The number of nitrogens with zero attached hydrogens (tertiary/aromatic N) is 2. The van der Waals surface area contributed by atoms with Crippen molar-refractivity contribution in [1.29, 1.82) is 0 Å². The maximum Gasteiger partial charge on any atom is 2.00 e. The molecule has 0 spiro atoms. The molecule has 0 heterocycles. The summed E-state index contributed by atoms with van der Waals surface area (Å²) in [7, 11) is 0. The Kier molecular flexibility index (Phi) is 15.0. The Morgan fingerprint density at radius 3 is 1.17 bits per heavy atom. The fourth-order valence-corrected chi connectivity index (χ4v) is 11.8. The molecule has 0 bridgehead atoms. The van der Waals surface area contributed by atoms with Crippen molar-refractivity contribution in [3.05, 3.63) is 243 Å². The van der Waals surface area contributed by atoms with Gasteiger partial charge in [-0.1, -0.05) is 173 Å². The molecule has 0 aromatic heterocycles. The van der Waals surface area contributed by atoms with Gasteiger partial charge in [0.25, 0.3) is 0 Å². The van der Waals surface area contributed by atoms with Crippen LogP contribution in [0.2, 0.25) is 0 Å². The van der Waals surface area contributed by atoms with Crippen LogP contribution in [-0.4, -0.2) is 6.10 Å². The number of hydrogen-bond acceptors (Lipinski definition) is 3.